The van der Waals surface area contributed by atoms with Gasteiger partial charge in [-0.2, -0.15) is 0 Å². The van der Waals surface area contributed by atoms with Crippen LogP contribution in [0.3, 0.4) is 0 Å². The van der Waals surface area contributed by atoms with Gasteiger partial charge in [-0.25, -0.2) is 9.78 Å². The number of amides is 2. The van der Waals surface area contributed by atoms with Crippen LogP contribution in [0.4, 0.5) is 10.6 Å². The van der Waals surface area contributed by atoms with Crippen molar-refractivity contribution in [2.24, 2.45) is 0 Å². The highest BCUT2D eigenvalue weighted by Crippen LogP contribution is 2.24. The molecule has 0 bridgehead atoms. The summed E-state index contributed by atoms with van der Waals surface area (Å²) in [5.74, 6) is -0.348. The van der Waals surface area contributed by atoms with Crippen LogP contribution in [0.5, 0.6) is 0 Å². The van der Waals surface area contributed by atoms with Crippen LogP contribution in [-0.4, -0.2) is 49.8 Å². The van der Waals surface area contributed by atoms with Gasteiger partial charge in [0, 0.05) is 11.7 Å². The van der Waals surface area contributed by atoms with Crippen LogP contribution >= 0.6 is 0 Å². The third-order valence-electron chi connectivity index (χ3n) is 3.66. The zero-order valence-corrected chi connectivity index (χ0v) is 14.7. The van der Waals surface area contributed by atoms with Crippen molar-refractivity contribution in [2.45, 2.75) is 64.6 Å². The van der Waals surface area contributed by atoms with Gasteiger partial charge in [0.15, 0.2) is 6.10 Å². The molecule has 134 valence electrons. The van der Waals surface area contributed by atoms with E-state index in [0.717, 1.165) is 11.3 Å². The van der Waals surface area contributed by atoms with E-state index < -0.39 is 29.7 Å². The lowest BCUT2D eigenvalue weighted by Gasteiger charge is -2.41. The van der Waals surface area contributed by atoms with E-state index >= 15 is 0 Å². The van der Waals surface area contributed by atoms with E-state index in [1.165, 1.54) is 6.20 Å². The van der Waals surface area contributed by atoms with Gasteiger partial charge in [0.05, 0.1) is 6.04 Å². The molecule has 1 heterocycles. The molecular weight excluding hydrogens is 310 g/mol. The number of anilines is 1. The number of unbranched alkanes of at least 4 members (excludes halogenated alkanes) is 1. The summed E-state index contributed by atoms with van der Waals surface area (Å²) < 4.78 is 0. The minimum absolute atomic E-state index is 0.313. The molecule has 24 heavy (non-hydrogen) atoms. The molecular formula is C17H27N3O4. The number of carboxylic acid groups (broad SMARTS) is 1. The molecule has 3 N–H and O–H groups in total. The number of aliphatic hydroxyl groups excluding tert-OH is 1. The zero-order valence-electron chi connectivity index (χ0n) is 14.7. The van der Waals surface area contributed by atoms with E-state index in [2.05, 4.69) is 10.3 Å². The maximum Gasteiger partial charge on any atom is 0.408 e. The summed E-state index contributed by atoms with van der Waals surface area (Å²) in [5.41, 5.74) is -0.740. The number of rotatable bonds is 7. The number of nitrogens with one attached hydrogen (secondary N) is 1. The number of pyridine rings is 1. The first-order valence-corrected chi connectivity index (χ1v) is 8.10. The molecule has 2 amide bonds. The van der Waals surface area contributed by atoms with Gasteiger partial charge in [-0.1, -0.05) is 25.8 Å². The lowest BCUT2D eigenvalue weighted by Crippen LogP contribution is -2.57. The van der Waals surface area contributed by atoms with Gasteiger partial charge in [-0.05, 0) is 39.3 Å². The lowest BCUT2D eigenvalue weighted by molar-refractivity contribution is -0.128. The standard InChI is InChI=1S/C17H27N3O4/c1-5-6-9-12(20(16(23)24)17(2,3)4)14(21)15(22)19-13-10-7-8-11-18-13/h7-8,10-12,14,21H,5-6,9H2,1-4H3,(H,23,24)(H,18,19,22)/t12-,14-/m0/s1. The Morgan fingerprint density at radius 1 is 1.33 bits per heavy atom. The van der Waals surface area contributed by atoms with E-state index in [-0.39, 0.29) is 0 Å². The SMILES string of the molecule is CCCC[C@@H]([C@H](O)C(=O)Nc1ccccn1)N(C(=O)O)C(C)(C)C. The molecule has 0 spiro atoms. The normalized spacial score (nSPS) is 13.9. The quantitative estimate of drug-likeness (QED) is 0.710. The van der Waals surface area contributed by atoms with Crippen molar-refractivity contribution in [1.82, 2.24) is 9.88 Å². The summed E-state index contributed by atoms with van der Waals surface area (Å²) in [5, 5.41) is 22.6. The molecule has 7 nitrogen and oxygen atoms in total. The fourth-order valence-corrected chi connectivity index (χ4v) is 2.58. The molecule has 0 aliphatic heterocycles. The molecule has 0 unspecified atom stereocenters. The number of nitrogens with zero attached hydrogens (tertiary/aromatic N) is 2. The highest BCUT2D eigenvalue weighted by atomic mass is 16.4. The molecule has 0 fully saturated rings. The Bertz CT molecular complexity index is 543. The van der Waals surface area contributed by atoms with Crippen LogP contribution in [0.1, 0.15) is 47.0 Å². The molecule has 0 saturated heterocycles. The molecule has 0 radical (unpaired) electrons. The van der Waals surface area contributed by atoms with Crippen LogP contribution in [0, 0.1) is 0 Å². The second kappa shape index (κ2) is 8.63. The number of hydrogen-bond acceptors (Lipinski definition) is 4. The molecule has 0 aromatic carbocycles. The van der Waals surface area contributed by atoms with Crippen molar-refractivity contribution in [3.8, 4) is 0 Å². The molecule has 7 heteroatoms. The minimum atomic E-state index is -1.48. The fourth-order valence-electron chi connectivity index (χ4n) is 2.58. The number of aliphatic hydroxyl groups is 1. The Labute approximate surface area is 142 Å². The van der Waals surface area contributed by atoms with E-state index in [0.29, 0.717) is 18.7 Å². The Balaban J connectivity index is 3.00. The molecule has 1 aromatic rings. The predicted molar refractivity (Wildman–Crippen MR) is 91.8 cm³/mol. The smallest absolute Gasteiger partial charge is 0.408 e. The number of carbonyl (C=O) groups excluding carboxylic acids is 1. The number of carbonyl (C=O) groups is 2. The summed E-state index contributed by atoms with van der Waals surface area (Å²) in [6, 6.07) is 4.19. The first kappa shape index (κ1) is 19.9. The van der Waals surface area contributed by atoms with Gasteiger partial charge >= 0.3 is 6.09 Å². The third kappa shape index (κ3) is 5.49. The average Bonchev–Trinajstić information content (AvgIpc) is 2.49. The second-order valence-electron chi connectivity index (χ2n) is 6.68. The molecule has 1 rings (SSSR count). The van der Waals surface area contributed by atoms with Crippen LogP contribution in [0.15, 0.2) is 24.4 Å². The summed E-state index contributed by atoms with van der Waals surface area (Å²) in [4.78, 5) is 29.2. The van der Waals surface area contributed by atoms with E-state index in [1.807, 2.05) is 6.92 Å². The van der Waals surface area contributed by atoms with Gasteiger partial charge < -0.3 is 15.5 Å². The van der Waals surface area contributed by atoms with Crippen molar-refractivity contribution in [3.63, 3.8) is 0 Å². The van der Waals surface area contributed by atoms with Crippen LogP contribution < -0.4 is 5.32 Å². The van der Waals surface area contributed by atoms with Crippen molar-refractivity contribution >= 4 is 17.8 Å². The Hall–Kier alpha value is -2.15. The first-order chi connectivity index (χ1) is 11.2. The van der Waals surface area contributed by atoms with Crippen molar-refractivity contribution in [2.75, 3.05) is 5.32 Å². The summed E-state index contributed by atoms with van der Waals surface area (Å²) in [6.07, 6.45) is 0.829. The van der Waals surface area contributed by atoms with E-state index in [4.69, 9.17) is 0 Å². The Morgan fingerprint density at radius 2 is 2.00 bits per heavy atom. The summed E-state index contributed by atoms with van der Waals surface area (Å²) in [7, 11) is 0. The molecule has 2 atom stereocenters. The summed E-state index contributed by atoms with van der Waals surface area (Å²) in [6.45, 7) is 7.19. The largest absolute Gasteiger partial charge is 0.465 e. The van der Waals surface area contributed by atoms with Gasteiger partial charge in [0.1, 0.15) is 5.82 Å². The van der Waals surface area contributed by atoms with E-state index in [1.54, 1.807) is 39.0 Å². The second-order valence-corrected chi connectivity index (χ2v) is 6.68. The van der Waals surface area contributed by atoms with Gasteiger partial charge in [-0.3, -0.25) is 9.69 Å². The van der Waals surface area contributed by atoms with Crippen LogP contribution in [0.25, 0.3) is 0 Å². The molecule has 0 aliphatic rings. The lowest BCUT2D eigenvalue weighted by atomic mass is 9.96. The van der Waals surface area contributed by atoms with Gasteiger partial charge in [0.2, 0.25) is 0 Å². The van der Waals surface area contributed by atoms with Gasteiger partial charge in [0.25, 0.3) is 5.91 Å². The van der Waals surface area contributed by atoms with Crippen molar-refractivity contribution in [3.05, 3.63) is 24.4 Å². The third-order valence-corrected chi connectivity index (χ3v) is 3.66. The van der Waals surface area contributed by atoms with Crippen molar-refractivity contribution in [1.29, 1.82) is 0 Å². The highest BCUT2D eigenvalue weighted by molar-refractivity contribution is 5.94. The van der Waals surface area contributed by atoms with Crippen molar-refractivity contribution < 1.29 is 19.8 Å². The Kier molecular flexibility index (Phi) is 7.16. The van der Waals surface area contributed by atoms with Crippen LogP contribution in [0.2, 0.25) is 0 Å². The molecule has 0 aliphatic carbocycles. The van der Waals surface area contributed by atoms with Crippen LogP contribution in [-0.2, 0) is 4.79 Å². The van der Waals surface area contributed by atoms with Gasteiger partial charge in [-0.15, -0.1) is 0 Å². The first-order valence-electron chi connectivity index (χ1n) is 8.10. The predicted octanol–water partition coefficient (Wildman–Crippen LogP) is 2.72. The monoisotopic (exact) mass is 337 g/mol. The zero-order chi connectivity index (χ0) is 18.3. The summed E-state index contributed by atoms with van der Waals surface area (Å²) >= 11 is 0. The average molecular weight is 337 g/mol. The fraction of sp³-hybridized carbons (Fsp3) is 0.588. The maximum absolute atomic E-state index is 12.4. The topological polar surface area (TPSA) is 103 Å². The molecule has 1 aromatic heterocycles. The minimum Gasteiger partial charge on any atom is -0.465 e. The number of hydrogen-bond donors (Lipinski definition) is 3. The highest BCUT2D eigenvalue weighted by Gasteiger charge is 2.39. The molecule has 0 saturated carbocycles. The van der Waals surface area contributed by atoms with E-state index in [9.17, 15) is 19.8 Å². The Morgan fingerprint density at radius 3 is 2.46 bits per heavy atom. The number of aromatic nitrogens is 1. The maximum atomic E-state index is 12.4.